The quantitative estimate of drug-likeness (QED) is 0.432. The first-order valence-corrected chi connectivity index (χ1v) is 12.7. The molecule has 3 aromatic rings. The van der Waals surface area contributed by atoms with Gasteiger partial charge >= 0.3 is 0 Å². The molecule has 3 heterocycles. The Morgan fingerprint density at radius 1 is 1.25 bits per heavy atom. The second-order valence-electron chi connectivity index (χ2n) is 9.71. The molecule has 0 bridgehead atoms. The fourth-order valence-electron chi connectivity index (χ4n) is 4.47. The number of pyridine rings is 1. The van der Waals surface area contributed by atoms with Gasteiger partial charge < -0.3 is 19.9 Å². The fraction of sp³-hybridized carbons (Fsp3) is 0.286. The Labute approximate surface area is 236 Å². The molecule has 1 unspecified atom stereocenters. The van der Waals surface area contributed by atoms with Gasteiger partial charge in [0, 0.05) is 32.9 Å². The van der Waals surface area contributed by atoms with Crippen LogP contribution in [0.2, 0.25) is 5.02 Å². The van der Waals surface area contributed by atoms with Gasteiger partial charge in [0.05, 0.1) is 41.7 Å². The smallest absolute Gasteiger partial charge is 0.275 e. The lowest BCUT2D eigenvalue weighted by molar-refractivity contribution is -0.114. The second kappa shape index (κ2) is 11.2. The van der Waals surface area contributed by atoms with Crippen molar-refractivity contribution in [3.05, 3.63) is 80.5 Å². The molecule has 2 aromatic heterocycles. The number of hydrogen-bond donors (Lipinski definition) is 1. The lowest BCUT2D eigenvalue weighted by Gasteiger charge is -2.28. The number of carbonyl (C=O) groups excluding carboxylic acids is 1. The lowest BCUT2D eigenvalue weighted by Crippen LogP contribution is -2.37. The van der Waals surface area contributed by atoms with E-state index in [0.29, 0.717) is 34.0 Å². The normalized spacial score (nSPS) is 15.6. The van der Waals surface area contributed by atoms with E-state index in [1.165, 1.54) is 35.0 Å². The molecule has 1 aromatic carbocycles. The van der Waals surface area contributed by atoms with Crippen molar-refractivity contribution in [2.45, 2.75) is 19.9 Å². The Kier molecular flexibility index (Phi) is 7.93. The van der Waals surface area contributed by atoms with Gasteiger partial charge in [-0.15, -0.1) is 0 Å². The highest BCUT2D eigenvalue weighted by atomic mass is 35.5. The van der Waals surface area contributed by atoms with Crippen LogP contribution in [-0.4, -0.2) is 47.4 Å². The summed E-state index contributed by atoms with van der Waals surface area (Å²) in [5.74, 6) is -0.100. The van der Waals surface area contributed by atoms with Gasteiger partial charge in [-0.1, -0.05) is 37.6 Å². The van der Waals surface area contributed by atoms with Crippen LogP contribution in [0.15, 0.2) is 63.8 Å². The summed E-state index contributed by atoms with van der Waals surface area (Å²) in [5, 5.41) is 9.61. The van der Waals surface area contributed by atoms with Gasteiger partial charge in [-0.2, -0.15) is 10.2 Å². The summed E-state index contributed by atoms with van der Waals surface area (Å²) >= 11 is 6.31. The molecule has 206 valence electrons. The molecule has 2 N–H and O–H groups in total. The summed E-state index contributed by atoms with van der Waals surface area (Å²) in [4.78, 5) is 43.8. The first kappa shape index (κ1) is 28.3. The van der Waals surface area contributed by atoms with Crippen LogP contribution in [0.4, 0.5) is 17.3 Å². The van der Waals surface area contributed by atoms with Crippen LogP contribution in [0.25, 0.3) is 0 Å². The van der Waals surface area contributed by atoms with E-state index in [-0.39, 0.29) is 28.2 Å². The molecule has 11 nitrogen and oxygen atoms in total. The zero-order valence-corrected chi connectivity index (χ0v) is 23.8. The first-order chi connectivity index (χ1) is 19.0. The number of aryl methyl sites for hydroxylation is 1. The molecule has 1 aliphatic rings. The number of nitriles is 1. The average Bonchev–Trinajstić information content (AvgIpc) is 3.18. The van der Waals surface area contributed by atoms with Gasteiger partial charge in [0.25, 0.3) is 11.5 Å². The van der Waals surface area contributed by atoms with Crippen molar-refractivity contribution in [3.8, 4) is 11.9 Å². The van der Waals surface area contributed by atoms with E-state index >= 15 is 0 Å². The molecule has 4 rings (SSSR count). The highest BCUT2D eigenvalue weighted by Crippen LogP contribution is 2.42. The van der Waals surface area contributed by atoms with Gasteiger partial charge in [0.15, 0.2) is 0 Å². The highest BCUT2D eigenvalue weighted by molar-refractivity contribution is 6.31. The number of methoxy groups -OCH3 is 1. The monoisotopic (exact) mass is 560 g/mol. The summed E-state index contributed by atoms with van der Waals surface area (Å²) in [6.07, 6.45) is 3.01. The Balaban J connectivity index is 1.99. The molecule has 40 heavy (non-hydrogen) atoms. The van der Waals surface area contributed by atoms with E-state index in [1.807, 2.05) is 27.9 Å². The van der Waals surface area contributed by atoms with Crippen molar-refractivity contribution >= 4 is 40.5 Å². The molecule has 1 amide bonds. The number of anilines is 2. The first-order valence-electron chi connectivity index (χ1n) is 12.3. The van der Waals surface area contributed by atoms with Crippen molar-refractivity contribution in [3.63, 3.8) is 0 Å². The van der Waals surface area contributed by atoms with Gasteiger partial charge in [0.1, 0.15) is 17.1 Å². The minimum absolute atomic E-state index is 0.0614. The number of ether oxygens (including phenoxy) is 1. The summed E-state index contributed by atoms with van der Waals surface area (Å²) in [6, 6.07) is 9.44. The van der Waals surface area contributed by atoms with Crippen molar-refractivity contribution in [2.24, 2.45) is 23.7 Å². The molecular weight excluding hydrogens is 532 g/mol. The van der Waals surface area contributed by atoms with Crippen LogP contribution in [0, 0.1) is 17.2 Å². The minimum Gasteiger partial charge on any atom is -0.479 e. The predicted octanol–water partition coefficient (Wildman–Crippen LogP) is 3.50. The summed E-state index contributed by atoms with van der Waals surface area (Å²) in [7, 11) is 6.66. The van der Waals surface area contributed by atoms with Crippen LogP contribution in [-0.2, 0) is 11.8 Å². The van der Waals surface area contributed by atoms with Crippen molar-refractivity contribution in [1.82, 2.24) is 14.5 Å². The minimum atomic E-state index is -0.833. The van der Waals surface area contributed by atoms with Gasteiger partial charge in [0.2, 0.25) is 11.8 Å². The maximum absolute atomic E-state index is 13.8. The number of benzene rings is 1. The SMILES string of the molecule is COc1nc(N(C)C)ncc1N=C(C1=C(N)C(=O)N(c2cc(Cl)cn(C)c2=O)C1c1ccc(C#N)cc1)C(C)C. The van der Waals surface area contributed by atoms with E-state index < -0.39 is 17.5 Å². The van der Waals surface area contributed by atoms with Gasteiger partial charge in [-0.05, 0) is 29.7 Å². The largest absolute Gasteiger partial charge is 0.479 e. The zero-order valence-electron chi connectivity index (χ0n) is 23.0. The van der Waals surface area contributed by atoms with Crippen LogP contribution < -0.4 is 25.8 Å². The van der Waals surface area contributed by atoms with Crippen LogP contribution in [0.3, 0.4) is 0 Å². The molecule has 0 radical (unpaired) electrons. The highest BCUT2D eigenvalue weighted by Gasteiger charge is 2.43. The van der Waals surface area contributed by atoms with E-state index in [2.05, 4.69) is 16.0 Å². The summed E-state index contributed by atoms with van der Waals surface area (Å²) in [6.45, 7) is 3.84. The third-order valence-electron chi connectivity index (χ3n) is 6.40. The Bertz CT molecular complexity index is 1630. The van der Waals surface area contributed by atoms with Crippen LogP contribution >= 0.6 is 11.6 Å². The van der Waals surface area contributed by atoms with E-state index in [4.69, 9.17) is 27.1 Å². The third kappa shape index (κ3) is 5.13. The maximum atomic E-state index is 13.8. The van der Waals surface area contributed by atoms with Gasteiger partial charge in [-0.25, -0.2) is 9.98 Å². The van der Waals surface area contributed by atoms with Crippen molar-refractivity contribution in [2.75, 3.05) is 31.0 Å². The molecule has 0 saturated heterocycles. The molecule has 0 aliphatic carbocycles. The average molecular weight is 561 g/mol. The third-order valence-corrected chi connectivity index (χ3v) is 6.60. The number of amides is 1. The molecule has 0 fully saturated rings. The second-order valence-corrected chi connectivity index (χ2v) is 10.1. The number of rotatable bonds is 7. The number of hydrogen-bond acceptors (Lipinski definition) is 9. The number of nitrogens with zero attached hydrogens (tertiary/aromatic N) is 7. The lowest BCUT2D eigenvalue weighted by atomic mass is 9.89. The zero-order chi connectivity index (χ0) is 29.3. The van der Waals surface area contributed by atoms with E-state index in [9.17, 15) is 14.9 Å². The predicted molar refractivity (Wildman–Crippen MR) is 154 cm³/mol. The maximum Gasteiger partial charge on any atom is 0.275 e. The Hall–Kier alpha value is -4.69. The number of aromatic nitrogens is 3. The van der Waals surface area contributed by atoms with Crippen LogP contribution in [0.1, 0.15) is 31.0 Å². The fourth-order valence-corrected chi connectivity index (χ4v) is 4.72. The molecule has 1 aliphatic heterocycles. The van der Waals surface area contributed by atoms with Crippen LogP contribution in [0.5, 0.6) is 5.88 Å². The Morgan fingerprint density at radius 2 is 1.93 bits per heavy atom. The Morgan fingerprint density at radius 3 is 2.50 bits per heavy atom. The van der Waals surface area contributed by atoms with Gasteiger partial charge in [-0.3, -0.25) is 14.5 Å². The number of aliphatic imine (C=N–C) groups is 1. The molecule has 0 spiro atoms. The standard InChI is InChI=1S/C28H29ClN8O3/c1-15(2)23(33-19-13-32-28(35(3)4)34-25(19)40-6)21-22(31)27(39)37(20-11-18(29)14-36(5)26(20)38)24(21)17-9-7-16(12-30)8-10-17/h7-11,13-15,24H,31H2,1-6H3. The number of nitrogens with two attached hydrogens (primary N) is 1. The molecule has 1 atom stereocenters. The molecule has 12 heteroatoms. The summed E-state index contributed by atoms with van der Waals surface area (Å²) < 4.78 is 6.80. The topological polar surface area (TPSA) is 143 Å². The van der Waals surface area contributed by atoms with E-state index in [0.717, 1.165) is 0 Å². The summed E-state index contributed by atoms with van der Waals surface area (Å²) in [5.41, 5.74) is 8.43. The van der Waals surface area contributed by atoms with Crippen molar-refractivity contribution in [1.29, 1.82) is 5.26 Å². The van der Waals surface area contributed by atoms with Crippen molar-refractivity contribution < 1.29 is 9.53 Å². The molecular formula is C28H29ClN8O3. The van der Waals surface area contributed by atoms with E-state index in [1.54, 1.807) is 36.2 Å². The number of halogens is 1. The number of carbonyl (C=O) groups is 1. The molecule has 0 saturated carbocycles.